The maximum Gasteiger partial charge on any atom is 0.131 e. The second kappa shape index (κ2) is 4.93. The second-order valence-corrected chi connectivity index (χ2v) is 2.71. The molecule has 1 rings (SSSR count). The van der Waals surface area contributed by atoms with Gasteiger partial charge in [-0.1, -0.05) is 0 Å². The summed E-state index contributed by atoms with van der Waals surface area (Å²) in [6.07, 6.45) is 3.28. The molecule has 66 valence electrons. The minimum atomic E-state index is 0.623. The van der Waals surface area contributed by atoms with Crippen LogP contribution < -0.4 is 4.90 Å². The van der Waals surface area contributed by atoms with Gasteiger partial charge in [-0.05, 0) is 13.0 Å². The minimum absolute atomic E-state index is 0.623. The molecule has 0 aromatic carbocycles. The monoisotopic (exact) mass is 185 g/mol. The average molecular weight is 186 g/mol. The zero-order valence-corrected chi connectivity index (χ0v) is 7.83. The van der Waals surface area contributed by atoms with Gasteiger partial charge in [0.2, 0.25) is 0 Å². The molecule has 0 aliphatic carbocycles. The molecule has 12 heavy (non-hydrogen) atoms. The standard InChI is InChI=1S/C8H12ClN3/c1-2-12(6-4-9)8-3-5-10-7-11-8/h3,5,7H,2,4,6H2,1H3. The van der Waals surface area contributed by atoms with E-state index in [0.29, 0.717) is 5.88 Å². The van der Waals surface area contributed by atoms with E-state index in [1.54, 1.807) is 12.5 Å². The summed E-state index contributed by atoms with van der Waals surface area (Å²) in [7, 11) is 0. The van der Waals surface area contributed by atoms with Crippen LogP contribution in [-0.2, 0) is 0 Å². The molecular weight excluding hydrogens is 174 g/mol. The van der Waals surface area contributed by atoms with Crippen LogP contribution in [0.2, 0.25) is 0 Å². The molecule has 0 radical (unpaired) electrons. The summed E-state index contributed by atoms with van der Waals surface area (Å²) in [5, 5.41) is 0. The molecule has 0 amide bonds. The Hall–Kier alpha value is -0.830. The fourth-order valence-corrected chi connectivity index (χ4v) is 1.21. The topological polar surface area (TPSA) is 29.0 Å². The maximum absolute atomic E-state index is 5.64. The van der Waals surface area contributed by atoms with Crippen molar-refractivity contribution in [1.82, 2.24) is 9.97 Å². The summed E-state index contributed by atoms with van der Waals surface area (Å²) in [4.78, 5) is 10.1. The van der Waals surface area contributed by atoms with E-state index < -0.39 is 0 Å². The Morgan fingerprint density at radius 2 is 2.42 bits per heavy atom. The first-order valence-electron chi connectivity index (χ1n) is 3.95. The quantitative estimate of drug-likeness (QED) is 0.667. The highest BCUT2D eigenvalue weighted by Gasteiger charge is 2.02. The van der Waals surface area contributed by atoms with Gasteiger partial charge in [-0.3, -0.25) is 0 Å². The van der Waals surface area contributed by atoms with E-state index >= 15 is 0 Å². The number of nitrogens with zero attached hydrogens (tertiary/aromatic N) is 3. The smallest absolute Gasteiger partial charge is 0.131 e. The molecular formula is C8H12ClN3. The van der Waals surface area contributed by atoms with Crippen LogP contribution in [0, 0.1) is 0 Å². The van der Waals surface area contributed by atoms with Gasteiger partial charge >= 0.3 is 0 Å². The zero-order chi connectivity index (χ0) is 8.81. The van der Waals surface area contributed by atoms with E-state index in [0.717, 1.165) is 18.9 Å². The summed E-state index contributed by atoms with van der Waals surface area (Å²) in [5.41, 5.74) is 0. The second-order valence-electron chi connectivity index (χ2n) is 2.34. The lowest BCUT2D eigenvalue weighted by Crippen LogP contribution is -2.25. The van der Waals surface area contributed by atoms with Crippen LogP contribution in [0.1, 0.15) is 6.92 Å². The van der Waals surface area contributed by atoms with Crippen molar-refractivity contribution < 1.29 is 0 Å². The van der Waals surface area contributed by atoms with E-state index in [1.807, 2.05) is 6.07 Å². The van der Waals surface area contributed by atoms with Gasteiger partial charge in [0.25, 0.3) is 0 Å². The third-order valence-corrected chi connectivity index (χ3v) is 1.80. The van der Waals surface area contributed by atoms with Gasteiger partial charge in [-0.15, -0.1) is 11.6 Å². The number of alkyl halides is 1. The van der Waals surface area contributed by atoms with Crippen molar-refractivity contribution in [3.05, 3.63) is 18.6 Å². The first-order valence-corrected chi connectivity index (χ1v) is 4.49. The van der Waals surface area contributed by atoms with Crippen LogP contribution in [0.5, 0.6) is 0 Å². The van der Waals surface area contributed by atoms with E-state index in [1.165, 1.54) is 0 Å². The molecule has 0 unspecified atom stereocenters. The number of anilines is 1. The Labute approximate surface area is 77.4 Å². The van der Waals surface area contributed by atoms with Crippen LogP contribution in [0.25, 0.3) is 0 Å². The van der Waals surface area contributed by atoms with Crippen molar-refractivity contribution in [2.24, 2.45) is 0 Å². The van der Waals surface area contributed by atoms with Gasteiger partial charge in [0.15, 0.2) is 0 Å². The highest BCUT2D eigenvalue weighted by molar-refractivity contribution is 6.18. The zero-order valence-electron chi connectivity index (χ0n) is 7.07. The molecule has 3 nitrogen and oxygen atoms in total. The molecule has 0 aliphatic heterocycles. The third kappa shape index (κ3) is 2.34. The van der Waals surface area contributed by atoms with Gasteiger partial charge in [0.1, 0.15) is 12.1 Å². The van der Waals surface area contributed by atoms with Gasteiger partial charge < -0.3 is 4.90 Å². The summed E-state index contributed by atoms with van der Waals surface area (Å²) in [5.74, 6) is 1.56. The Morgan fingerprint density at radius 1 is 1.58 bits per heavy atom. The maximum atomic E-state index is 5.64. The van der Waals surface area contributed by atoms with Crippen molar-refractivity contribution in [3.8, 4) is 0 Å². The van der Waals surface area contributed by atoms with Crippen molar-refractivity contribution >= 4 is 17.4 Å². The van der Waals surface area contributed by atoms with Gasteiger partial charge in [0, 0.05) is 25.2 Å². The van der Waals surface area contributed by atoms with E-state index in [9.17, 15) is 0 Å². The number of hydrogen-bond acceptors (Lipinski definition) is 3. The fraction of sp³-hybridized carbons (Fsp3) is 0.500. The molecule has 0 atom stereocenters. The summed E-state index contributed by atoms with van der Waals surface area (Å²) in [6.45, 7) is 3.83. The molecule has 4 heteroatoms. The lowest BCUT2D eigenvalue weighted by atomic mass is 10.4. The summed E-state index contributed by atoms with van der Waals surface area (Å²) >= 11 is 5.64. The molecule has 0 aliphatic rings. The number of halogens is 1. The lowest BCUT2D eigenvalue weighted by molar-refractivity contribution is 0.845. The van der Waals surface area contributed by atoms with Gasteiger partial charge in [-0.25, -0.2) is 9.97 Å². The van der Waals surface area contributed by atoms with Crippen LogP contribution in [0.4, 0.5) is 5.82 Å². The van der Waals surface area contributed by atoms with Gasteiger partial charge in [0.05, 0.1) is 0 Å². The predicted octanol–water partition coefficient (Wildman–Crippen LogP) is 1.54. The highest BCUT2D eigenvalue weighted by atomic mass is 35.5. The van der Waals surface area contributed by atoms with Crippen molar-refractivity contribution in [2.45, 2.75) is 6.92 Å². The van der Waals surface area contributed by atoms with Crippen molar-refractivity contribution in [2.75, 3.05) is 23.9 Å². The first-order chi connectivity index (χ1) is 5.88. The molecule has 1 aromatic heterocycles. The molecule has 1 heterocycles. The Bertz CT molecular complexity index is 215. The Morgan fingerprint density at radius 3 is 2.92 bits per heavy atom. The van der Waals surface area contributed by atoms with E-state index in [-0.39, 0.29) is 0 Å². The minimum Gasteiger partial charge on any atom is -0.356 e. The Balaban J connectivity index is 2.66. The predicted molar refractivity (Wildman–Crippen MR) is 50.6 cm³/mol. The number of rotatable bonds is 4. The van der Waals surface area contributed by atoms with Crippen molar-refractivity contribution in [1.29, 1.82) is 0 Å². The molecule has 1 aromatic rings. The number of hydrogen-bond donors (Lipinski definition) is 0. The van der Waals surface area contributed by atoms with Crippen LogP contribution >= 0.6 is 11.6 Å². The molecule has 0 N–H and O–H groups in total. The first kappa shape index (κ1) is 9.26. The van der Waals surface area contributed by atoms with Crippen LogP contribution in [0.3, 0.4) is 0 Å². The molecule has 0 spiro atoms. The van der Waals surface area contributed by atoms with Crippen LogP contribution in [-0.4, -0.2) is 28.9 Å². The highest BCUT2D eigenvalue weighted by Crippen LogP contribution is 2.06. The molecule has 0 saturated carbocycles. The molecule has 0 fully saturated rings. The largest absolute Gasteiger partial charge is 0.356 e. The van der Waals surface area contributed by atoms with E-state index in [4.69, 9.17) is 11.6 Å². The average Bonchev–Trinajstić information content (AvgIpc) is 2.15. The number of aromatic nitrogens is 2. The summed E-state index contributed by atoms with van der Waals surface area (Å²) < 4.78 is 0. The van der Waals surface area contributed by atoms with Crippen LogP contribution in [0.15, 0.2) is 18.6 Å². The Kier molecular flexibility index (Phi) is 3.80. The normalized spacial score (nSPS) is 9.83. The summed E-state index contributed by atoms with van der Waals surface area (Å²) in [6, 6.07) is 1.88. The third-order valence-electron chi connectivity index (χ3n) is 1.63. The van der Waals surface area contributed by atoms with E-state index in [2.05, 4.69) is 21.8 Å². The molecule has 0 saturated heterocycles. The van der Waals surface area contributed by atoms with Gasteiger partial charge in [-0.2, -0.15) is 0 Å². The fourth-order valence-electron chi connectivity index (χ4n) is 1.01. The molecule has 0 bridgehead atoms. The van der Waals surface area contributed by atoms with Crippen molar-refractivity contribution in [3.63, 3.8) is 0 Å². The SMILES string of the molecule is CCN(CCCl)c1ccncn1. The lowest BCUT2D eigenvalue weighted by Gasteiger charge is -2.19.